The predicted molar refractivity (Wildman–Crippen MR) is 181 cm³/mol. The van der Waals surface area contributed by atoms with Crippen molar-refractivity contribution in [3.05, 3.63) is 59.4 Å². The molecule has 1 saturated carbocycles. The highest BCUT2D eigenvalue weighted by atomic mass is 19.1. The molecule has 8 nitrogen and oxygen atoms in total. The highest BCUT2D eigenvalue weighted by Gasteiger charge is 2.54. The maximum atomic E-state index is 15.1. The number of carbonyl (C=O) groups is 2. The molecule has 3 aliphatic heterocycles. The average Bonchev–Trinajstić information content (AvgIpc) is 3.66. The van der Waals surface area contributed by atoms with E-state index in [9.17, 15) is 14.3 Å². The summed E-state index contributed by atoms with van der Waals surface area (Å²) in [6, 6.07) is 13.6. The summed E-state index contributed by atoms with van der Waals surface area (Å²) < 4.78 is 25.9. The Hall–Kier alpha value is -3.17. The number of carboxylic acids is 1. The molecule has 9 heteroatoms. The Balaban J connectivity index is 1.28. The van der Waals surface area contributed by atoms with Crippen LogP contribution in [0.5, 0.6) is 5.75 Å². The number of amides is 1. The van der Waals surface area contributed by atoms with Crippen LogP contribution in [0.25, 0.3) is 0 Å². The number of ether oxygens (including phenoxy) is 2. The van der Waals surface area contributed by atoms with Crippen LogP contribution >= 0.6 is 0 Å². The highest BCUT2D eigenvalue weighted by Crippen LogP contribution is 2.49. The van der Waals surface area contributed by atoms with Crippen molar-refractivity contribution in [2.75, 3.05) is 58.5 Å². The first-order chi connectivity index (χ1) is 22.6. The molecule has 3 heterocycles. The third kappa shape index (κ3) is 6.89. The largest absolute Gasteiger partial charge is 0.497 e. The van der Waals surface area contributed by atoms with Crippen LogP contribution in [0.1, 0.15) is 81.8 Å². The summed E-state index contributed by atoms with van der Waals surface area (Å²) in [4.78, 5) is 33.4. The van der Waals surface area contributed by atoms with Gasteiger partial charge in [0, 0.05) is 63.4 Å². The zero-order chi connectivity index (χ0) is 33.3. The minimum atomic E-state index is -0.763. The third-order valence-electron chi connectivity index (χ3n) is 11.9. The number of anilines is 1. The van der Waals surface area contributed by atoms with E-state index in [2.05, 4.69) is 40.7 Å². The van der Waals surface area contributed by atoms with Gasteiger partial charge in [-0.05, 0) is 93.2 Å². The Morgan fingerprint density at radius 1 is 0.979 bits per heavy atom. The van der Waals surface area contributed by atoms with Crippen LogP contribution < -0.4 is 9.64 Å². The highest BCUT2D eigenvalue weighted by molar-refractivity contribution is 5.85. The molecule has 1 amide bonds. The zero-order valence-electron chi connectivity index (χ0n) is 28.5. The van der Waals surface area contributed by atoms with Gasteiger partial charge in [-0.2, -0.15) is 0 Å². The first kappa shape index (κ1) is 33.7. The van der Waals surface area contributed by atoms with Crippen LogP contribution in [-0.4, -0.2) is 92.4 Å². The van der Waals surface area contributed by atoms with E-state index in [0.29, 0.717) is 45.1 Å². The fourth-order valence-corrected chi connectivity index (χ4v) is 9.02. The van der Waals surface area contributed by atoms with Gasteiger partial charge in [0.25, 0.3) is 0 Å². The molecule has 2 aromatic rings. The van der Waals surface area contributed by atoms with Crippen molar-refractivity contribution in [2.24, 2.45) is 17.3 Å². The van der Waals surface area contributed by atoms with Gasteiger partial charge in [-0.1, -0.05) is 25.1 Å². The quantitative estimate of drug-likeness (QED) is 0.349. The van der Waals surface area contributed by atoms with Crippen molar-refractivity contribution in [2.45, 2.75) is 82.7 Å². The topological polar surface area (TPSA) is 82.5 Å². The number of benzene rings is 2. The van der Waals surface area contributed by atoms with Gasteiger partial charge in [0.15, 0.2) is 0 Å². The van der Waals surface area contributed by atoms with Gasteiger partial charge in [0.1, 0.15) is 11.6 Å². The van der Waals surface area contributed by atoms with Gasteiger partial charge >= 0.3 is 5.97 Å². The van der Waals surface area contributed by atoms with Crippen LogP contribution in [0.2, 0.25) is 0 Å². The van der Waals surface area contributed by atoms with E-state index in [0.717, 1.165) is 48.0 Å². The van der Waals surface area contributed by atoms with E-state index in [1.165, 1.54) is 31.7 Å². The molecule has 6 rings (SSSR count). The molecule has 0 spiro atoms. The van der Waals surface area contributed by atoms with Crippen LogP contribution in [0.3, 0.4) is 0 Å². The molecule has 47 heavy (non-hydrogen) atoms. The standard InChI is InChI=1S/C38H52FN3O5/c1-25-5-10-30(11-6-25)41-22-34(26-7-12-32(47-4)13-8-26)38(2,24-41)37(45)42-21-28(19-31(42)23-46-3)33-14-9-29(39)20-35(33)40-17-15-27(16-18-40)36(43)44/h7-9,12-14,20,25,27-28,30-31,34H,5-6,10-11,15-19,21-24H2,1-4H3,(H,43,44)/t25-,28-,30-,31+,34+,38-/m1/s1. The second kappa shape index (κ2) is 14.1. The molecule has 0 radical (unpaired) electrons. The second-order valence-corrected chi connectivity index (χ2v) is 14.9. The van der Waals surface area contributed by atoms with E-state index in [4.69, 9.17) is 9.47 Å². The summed E-state index contributed by atoms with van der Waals surface area (Å²) in [7, 11) is 3.36. The van der Waals surface area contributed by atoms with E-state index < -0.39 is 11.4 Å². The fraction of sp³-hybridized carbons (Fsp3) is 0.632. The molecule has 4 atom stereocenters. The lowest BCUT2D eigenvalue weighted by Gasteiger charge is -2.37. The lowest BCUT2D eigenvalue weighted by molar-refractivity contribution is -0.143. The molecule has 1 aliphatic carbocycles. The molecule has 256 valence electrons. The number of hydrogen-bond acceptors (Lipinski definition) is 6. The normalized spacial score (nSPS) is 30.5. The Morgan fingerprint density at radius 2 is 1.68 bits per heavy atom. The molecule has 3 saturated heterocycles. The molecular formula is C38H52FN3O5. The molecule has 0 unspecified atom stereocenters. The first-order valence-corrected chi connectivity index (χ1v) is 17.6. The summed E-state index contributed by atoms with van der Waals surface area (Å²) in [5.74, 6) is 0.365. The van der Waals surface area contributed by atoms with Crippen molar-refractivity contribution in [3.8, 4) is 5.75 Å². The first-order valence-electron chi connectivity index (χ1n) is 17.6. The second-order valence-electron chi connectivity index (χ2n) is 14.9. The summed E-state index contributed by atoms with van der Waals surface area (Å²) in [5, 5.41) is 9.52. The van der Waals surface area contributed by atoms with Gasteiger partial charge < -0.3 is 24.4 Å². The zero-order valence-corrected chi connectivity index (χ0v) is 28.5. The molecule has 1 N–H and O–H groups in total. The molecule has 0 bridgehead atoms. The third-order valence-corrected chi connectivity index (χ3v) is 11.9. The van der Waals surface area contributed by atoms with Crippen LogP contribution in [0, 0.1) is 23.1 Å². The van der Waals surface area contributed by atoms with Crippen LogP contribution in [0.4, 0.5) is 10.1 Å². The van der Waals surface area contributed by atoms with E-state index >= 15 is 4.79 Å². The molecule has 4 fully saturated rings. The van der Waals surface area contributed by atoms with Crippen molar-refractivity contribution in [3.63, 3.8) is 0 Å². The maximum absolute atomic E-state index is 15.1. The van der Waals surface area contributed by atoms with Crippen LogP contribution in [0.15, 0.2) is 42.5 Å². The number of carboxylic acid groups (broad SMARTS) is 1. The van der Waals surface area contributed by atoms with E-state index in [1.807, 2.05) is 18.2 Å². The van der Waals surface area contributed by atoms with Gasteiger partial charge in [-0.15, -0.1) is 0 Å². The monoisotopic (exact) mass is 649 g/mol. The van der Waals surface area contributed by atoms with E-state index in [-0.39, 0.29) is 35.5 Å². The van der Waals surface area contributed by atoms with Crippen LogP contribution in [-0.2, 0) is 14.3 Å². The van der Waals surface area contributed by atoms with Gasteiger partial charge in [-0.3, -0.25) is 14.5 Å². The SMILES string of the molecule is COC[C@@H]1C[C@@H](c2ccc(F)cc2N2CCC(C(=O)O)CC2)CN1C(=O)[C@]1(C)CN([C@H]2CC[C@H](C)CC2)C[C@H]1c1ccc(OC)cc1. The number of hydrogen-bond donors (Lipinski definition) is 1. The van der Waals surface area contributed by atoms with Crippen molar-refractivity contribution in [1.29, 1.82) is 0 Å². The Bertz CT molecular complexity index is 1400. The molecule has 2 aromatic carbocycles. The van der Waals surface area contributed by atoms with Crippen molar-refractivity contribution >= 4 is 17.6 Å². The van der Waals surface area contributed by atoms with Crippen molar-refractivity contribution in [1.82, 2.24) is 9.80 Å². The summed E-state index contributed by atoms with van der Waals surface area (Å²) in [5.41, 5.74) is 2.39. The lowest BCUT2D eigenvalue weighted by atomic mass is 9.74. The minimum Gasteiger partial charge on any atom is -0.497 e. The van der Waals surface area contributed by atoms with Gasteiger partial charge in [0.2, 0.25) is 5.91 Å². The Morgan fingerprint density at radius 3 is 2.32 bits per heavy atom. The smallest absolute Gasteiger partial charge is 0.306 e. The fourth-order valence-electron chi connectivity index (χ4n) is 9.02. The number of methoxy groups -OCH3 is 2. The number of piperidine rings is 1. The number of carbonyl (C=O) groups excluding carboxylic acids is 1. The molecular weight excluding hydrogens is 597 g/mol. The number of likely N-dealkylation sites (tertiary alicyclic amines) is 2. The summed E-state index contributed by atoms with van der Waals surface area (Å²) >= 11 is 0. The summed E-state index contributed by atoms with van der Waals surface area (Å²) in [6.07, 6.45) is 6.62. The van der Waals surface area contributed by atoms with Gasteiger partial charge in [-0.25, -0.2) is 4.39 Å². The lowest BCUT2D eigenvalue weighted by Crippen LogP contribution is -2.49. The average molecular weight is 650 g/mol. The number of aliphatic carboxylic acids is 1. The number of rotatable bonds is 9. The Kier molecular flexibility index (Phi) is 10.1. The number of halogens is 1. The number of nitrogens with zero attached hydrogens (tertiary/aromatic N) is 3. The molecule has 0 aromatic heterocycles. The molecule has 4 aliphatic rings. The Labute approximate surface area is 279 Å². The van der Waals surface area contributed by atoms with Gasteiger partial charge in [0.05, 0.1) is 31.1 Å². The maximum Gasteiger partial charge on any atom is 0.306 e. The predicted octanol–water partition coefficient (Wildman–Crippen LogP) is 6.15. The summed E-state index contributed by atoms with van der Waals surface area (Å²) in [6.45, 7) is 8.22. The van der Waals surface area contributed by atoms with E-state index in [1.54, 1.807) is 20.3 Å². The van der Waals surface area contributed by atoms with Crippen molar-refractivity contribution < 1.29 is 28.6 Å². The minimum absolute atomic E-state index is 0.0206.